The molecule has 0 bridgehead atoms. The number of nitrogens with zero attached hydrogens (tertiary/aromatic N) is 1. The van der Waals surface area contributed by atoms with Crippen molar-refractivity contribution < 1.29 is 14.7 Å². The van der Waals surface area contributed by atoms with Crippen molar-refractivity contribution in [1.82, 2.24) is 15.5 Å². The molecule has 2 aromatic rings. The molecule has 0 fully saturated rings. The summed E-state index contributed by atoms with van der Waals surface area (Å²) in [6, 6.07) is 6.80. The van der Waals surface area contributed by atoms with E-state index in [1.54, 1.807) is 44.2 Å². The van der Waals surface area contributed by atoms with Gasteiger partial charge in [-0.15, -0.1) is 0 Å². The number of carbonyl (C=O) groups is 2. The molecule has 0 unspecified atom stereocenters. The maximum Gasteiger partial charge on any atom is 0.330 e. The van der Waals surface area contributed by atoms with E-state index in [1.165, 1.54) is 0 Å². The van der Waals surface area contributed by atoms with Crippen molar-refractivity contribution in [3.8, 4) is 0 Å². The zero-order chi connectivity index (χ0) is 15.4. The Labute approximate surface area is 121 Å². The number of amides is 2. The predicted molar refractivity (Wildman–Crippen MR) is 77.0 cm³/mol. The number of nitrogens with one attached hydrogen (secondary N) is 3. The average Bonchev–Trinajstić information content (AvgIpc) is 2.77. The number of anilines is 1. The largest absolute Gasteiger partial charge is 0.479 e. The molecular weight excluding hydrogens is 272 g/mol. The van der Waals surface area contributed by atoms with E-state index in [9.17, 15) is 14.7 Å². The molecule has 1 atom stereocenters. The number of aromatic nitrogens is 2. The van der Waals surface area contributed by atoms with Crippen LogP contribution in [0.25, 0.3) is 0 Å². The average molecular weight is 288 g/mol. The highest BCUT2D eigenvalue weighted by Crippen LogP contribution is 2.17. The van der Waals surface area contributed by atoms with Gasteiger partial charge in [0, 0.05) is 0 Å². The fraction of sp³-hybridized carbons (Fsp3) is 0.214. The number of aliphatic carboxylic acids is 1. The summed E-state index contributed by atoms with van der Waals surface area (Å²) in [4.78, 5) is 23.3. The summed E-state index contributed by atoms with van der Waals surface area (Å²) in [5.74, 6) is -1.13. The van der Waals surface area contributed by atoms with Crippen LogP contribution in [0.5, 0.6) is 0 Å². The lowest BCUT2D eigenvalue weighted by Crippen LogP contribution is -2.36. The minimum atomic E-state index is -1.13. The number of carbonyl (C=O) groups excluding carboxylic acids is 1. The fourth-order valence-electron chi connectivity index (χ4n) is 1.95. The number of aryl methyl sites for hydroxylation is 2. The van der Waals surface area contributed by atoms with Crippen LogP contribution < -0.4 is 10.6 Å². The molecule has 0 saturated heterocycles. The quantitative estimate of drug-likeness (QED) is 0.690. The first-order valence-corrected chi connectivity index (χ1v) is 6.36. The summed E-state index contributed by atoms with van der Waals surface area (Å²) < 4.78 is 0. The van der Waals surface area contributed by atoms with E-state index < -0.39 is 18.0 Å². The van der Waals surface area contributed by atoms with Crippen LogP contribution in [0.3, 0.4) is 0 Å². The number of benzene rings is 1. The van der Waals surface area contributed by atoms with Gasteiger partial charge in [0.05, 0.1) is 17.1 Å². The smallest absolute Gasteiger partial charge is 0.330 e. The van der Waals surface area contributed by atoms with Gasteiger partial charge in [-0.05, 0) is 19.4 Å². The van der Waals surface area contributed by atoms with E-state index in [1.807, 2.05) is 0 Å². The lowest BCUT2D eigenvalue weighted by atomic mass is 10.1. The first kappa shape index (κ1) is 14.6. The molecule has 2 amide bonds. The van der Waals surface area contributed by atoms with Crippen LogP contribution in [0.15, 0.2) is 30.3 Å². The number of hydrogen-bond donors (Lipinski definition) is 4. The number of rotatable bonds is 4. The predicted octanol–water partition coefficient (Wildman–Crippen LogP) is 1.97. The summed E-state index contributed by atoms with van der Waals surface area (Å²) in [5, 5.41) is 21.0. The normalized spacial score (nSPS) is 11.7. The Morgan fingerprint density at radius 2 is 1.90 bits per heavy atom. The summed E-state index contributed by atoms with van der Waals surface area (Å²) in [6.07, 6.45) is 0. The molecule has 7 nitrogen and oxygen atoms in total. The van der Waals surface area contributed by atoms with Gasteiger partial charge in [0.1, 0.15) is 0 Å². The van der Waals surface area contributed by atoms with Gasteiger partial charge in [0.15, 0.2) is 6.04 Å². The van der Waals surface area contributed by atoms with Gasteiger partial charge < -0.3 is 15.7 Å². The molecule has 0 saturated carbocycles. The molecule has 0 aliphatic heterocycles. The first-order valence-electron chi connectivity index (χ1n) is 6.36. The lowest BCUT2D eigenvalue weighted by molar-refractivity contribution is -0.139. The molecule has 1 aromatic carbocycles. The molecule has 0 radical (unpaired) electrons. The molecule has 1 aromatic heterocycles. The summed E-state index contributed by atoms with van der Waals surface area (Å²) in [7, 11) is 0. The standard InChI is InChI=1S/C14H16N4O3/c1-8-11(9(2)18-17-8)15-14(21)16-12(13(19)20)10-6-4-3-5-7-10/h3-7,12H,1-2H3,(H,17,18)(H,19,20)(H2,15,16,21)/t12-/m0/s1. The Hall–Kier alpha value is -2.83. The molecule has 0 aliphatic rings. The highest BCUT2D eigenvalue weighted by molar-refractivity contribution is 5.93. The number of carboxylic acids is 1. The third-order valence-electron chi connectivity index (χ3n) is 3.02. The molecule has 0 spiro atoms. The number of carboxylic acid groups (broad SMARTS) is 1. The minimum Gasteiger partial charge on any atom is -0.479 e. The van der Waals surface area contributed by atoms with Crippen LogP contribution in [-0.2, 0) is 4.79 Å². The van der Waals surface area contributed by atoms with E-state index in [0.717, 1.165) is 0 Å². The zero-order valence-corrected chi connectivity index (χ0v) is 11.7. The Morgan fingerprint density at radius 1 is 1.24 bits per heavy atom. The van der Waals surface area contributed by atoms with E-state index in [2.05, 4.69) is 20.8 Å². The van der Waals surface area contributed by atoms with Gasteiger partial charge in [0.25, 0.3) is 0 Å². The van der Waals surface area contributed by atoms with Crippen molar-refractivity contribution in [2.75, 3.05) is 5.32 Å². The lowest BCUT2D eigenvalue weighted by Gasteiger charge is -2.15. The Balaban J connectivity index is 2.11. The van der Waals surface area contributed by atoms with Crippen molar-refractivity contribution in [3.63, 3.8) is 0 Å². The summed E-state index contributed by atoms with van der Waals surface area (Å²) >= 11 is 0. The van der Waals surface area contributed by atoms with Crippen molar-refractivity contribution in [1.29, 1.82) is 0 Å². The van der Waals surface area contributed by atoms with Crippen molar-refractivity contribution >= 4 is 17.7 Å². The van der Waals surface area contributed by atoms with Crippen LogP contribution in [0.1, 0.15) is 23.0 Å². The van der Waals surface area contributed by atoms with Crippen molar-refractivity contribution in [3.05, 3.63) is 47.3 Å². The van der Waals surface area contributed by atoms with Gasteiger partial charge in [-0.1, -0.05) is 30.3 Å². The molecule has 7 heteroatoms. The van der Waals surface area contributed by atoms with Crippen LogP contribution in [0.2, 0.25) is 0 Å². The van der Waals surface area contributed by atoms with Gasteiger partial charge in [-0.3, -0.25) is 5.10 Å². The highest BCUT2D eigenvalue weighted by atomic mass is 16.4. The van der Waals surface area contributed by atoms with E-state index in [0.29, 0.717) is 22.6 Å². The maximum atomic E-state index is 12.0. The van der Waals surface area contributed by atoms with Gasteiger partial charge in [-0.2, -0.15) is 5.10 Å². The third-order valence-corrected chi connectivity index (χ3v) is 3.02. The fourth-order valence-corrected chi connectivity index (χ4v) is 1.95. The van der Waals surface area contributed by atoms with E-state index in [4.69, 9.17) is 0 Å². The van der Waals surface area contributed by atoms with Crippen LogP contribution in [0, 0.1) is 13.8 Å². The van der Waals surface area contributed by atoms with Crippen molar-refractivity contribution in [2.24, 2.45) is 0 Å². The SMILES string of the molecule is Cc1n[nH]c(C)c1NC(=O)N[C@H](C(=O)O)c1ccccc1. The van der Waals surface area contributed by atoms with Crippen LogP contribution in [-0.4, -0.2) is 27.3 Å². The molecule has 0 aliphatic carbocycles. The highest BCUT2D eigenvalue weighted by Gasteiger charge is 2.22. The Morgan fingerprint density at radius 3 is 2.43 bits per heavy atom. The second kappa shape index (κ2) is 6.08. The topological polar surface area (TPSA) is 107 Å². The molecule has 110 valence electrons. The number of H-pyrrole nitrogens is 1. The summed E-state index contributed by atoms with van der Waals surface area (Å²) in [6.45, 7) is 3.51. The zero-order valence-electron chi connectivity index (χ0n) is 11.7. The molecular formula is C14H16N4O3. The molecule has 2 rings (SSSR count). The van der Waals surface area contributed by atoms with E-state index >= 15 is 0 Å². The molecule has 1 heterocycles. The van der Waals surface area contributed by atoms with Crippen LogP contribution in [0.4, 0.5) is 10.5 Å². The Kier molecular flexibility index (Phi) is 4.22. The van der Waals surface area contributed by atoms with Gasteiger partial charge in [-0.25, -0.2) is 9.59 Å². The molecule has 21 heavy (non-hydrogen) atoms. The van der Waals surface area contributed by atoms with E-state index in [-0.39, 0.29) is 0 Å². The minimum absolute atomic E-state index is 0.501. The number of hydrogen-bond acceptors (Lipinski definition) is 3. The first-order chi connectivity index (χ1) is 9.99. The second-order valence-corrected chi connectivity index (χ2v) is 4.59. The molecule has 4 N–H and O–H groups in total. The summed E-state index contributed by atoms with van der Waals surface area (Å²) in [5.41, 5.74) is 2.38. The number of aromatic amines is 1. The van der Waals surface area contributed by atoms with Gasteiger partial charge in [0.2, 0.25) is 0 Å². The Bertz CT molecular complexity index is 632. The van der Waals surface area contributed by atoms with Gasteiger partial charge >= 0.3 is 12.0 Å². The van der Waals surface area contributed by atoms with Crippen LogP contribution >= 0.6 is 0 Å². The number of urea groups is 1. The third kappa shape index (κ3) is 3.38. The second-order valence-electron chi connectivity index (χ2n) is 4.59. The van der Waals surface area contributed by atoms with Crippen molar-refractivity contribution in [2.45, 2.75) is 19.9 Å². The monoisotopic (exact) mass is 288 g/mol. The maximum absolute atomic E-state index is 12.0.